The maximum atomic E-state index is 13.6. The summed E-state index contributed by atoms with van der Waals surface area (Å²) in [6, 6.07) is 10.7. The third kappa shape index (κ3) is 10.3. The van der Waals surface area contributed by atoms with Crippen molar-refractivity contribution in [1.29, 1.82) is 0 Å². The largest absolute Gasteiger partial charge is 0.478 e. The number of unbranched alkanes of at least 4 members (excludes halogenated alkanes) is 1. The number of nitrogens with zero attached hydrogens (tertiary/aromatic N) is 2. The second-order valence-electron chi connectivity index (χ2n) is 11.6. The highest BCUT2D eigenvalue weighted by Crippen LogP contribution is 2.36. The zero-order valence-corrected chi connectivity index (χ0v) is 25.8. The number of carbonyl (C=O) groups excluding carboxylic acids is 1. The molecule has 0 aromatic heterocycles. The van der Waals surface area contributed by atoms with Crippen LogP contribution >= 0.6 is 0 Å². The highest BCUT2D eigenvalue weighted by molar-refractivity contribution is 5.92. The molecule has 0 atom stereocenters. The summed E-state index contributed by atoms with van der Waals surface area (Å²) in [5.41, 5.74) is 4.93. The minimum atomic E-state index is -0.996. The first-order valence-corrected chi connectivity index (χ1v) is 15.3. The number of halogens is 2. The first kappa shape index (κ1) is 34.0. The Balaban J connectivity index is 0.000000644. The minimum absolute atomic E-state index is 0.185. The molecule has 1 saturated carbocycles. The maximum absolute atomic E-state index is 13.6. The lowest BCUT2D eigenvalue weighted by Gasteiger charge is -2.37. The number of rotatable bonds is 9. The number of hydrogen-bond acceptors (Lipinski definition) is 4. The van der Waals surface area contributed by atoms with Crippen molar-refractivity contribution in [3.8, 4) is 0 Å². The van der Waals surface area contributed by atoms with Crippen molar-refractivity contribution in [1.82, 2.24) is 4.90 Å². The van der Waals surface area contributed by atoms with Crippen LogP contribution in [0.1, 0.15) is 91.4 Å². The molecule has 8 heteroatoms. The molecule has 2 aromatic carbocycles. The van der Waals surface area contributed by atoms with E-state index in [4.69, 9.17) is 9.84 Å². The van der Waals surface area contributed by atoms with Gasteiger partial charge in [-0.25, -0.2) is 18.4 Å². The van der Waals surface area contributed by atoms with E-state index in [0.717, 1.165) is 62.9 Å². The third-order valence-corrected chi connectivity index (χ3v) is 7.84. The lowest BCUT2D eigenvalue weighted by atomic mass is 9.90. The third-order valence-electron chi connectivity index (χ3n) is 7.84. The molecule has 2 aliphatic heterocycles. The number of amides is 1. The van der Waals surface area contributed by atoms with E-state index in [9.17, 15) is 18.4 Å². The molecule has 0 radical (unpaired) electrons. The minimum Gasteiger partial charge on any atom is -0.478 e. The number of carboxylic acid groups (broad SMARTS) is 1. The van der Waals surface area contributed by atoms with Crippen LogP contribution in [0.5, 0.6) is 0 Å². The number of benzene rings is 2. The molecule has 3 aliphatic rings. The van der Waals surface area contributed by atoms with Gasteiger partial charge < -0.3 is 9.84 Å². The second-order valence-corrected chi connectivity index (χ2v) is 11.6. The zero-order chi connectivity index (χ0) is 31.4. The number of anilines is 1. The number of aromatic carboxylic acids is 1. The smallest absolute Gasteiger partial charge is 0.415 e. The second kappa shape index (κ2) is 16.4. The molecular formula is C35H46F2N2O4. The fourth-order valence-electron chi connectivity index (χ4n) is 5.34. The molecule has 1 amide bonds. The number of aryl methyl sites for hydroxylation is 2. The van der Waals surface area contributed by atoms with Crippen molar-refractivity contribution in [3.63, 3.8) is 0 Å². The van der Waals surface area contributed by atoms with E-state index in [1.54, 1.807) is 24.0 Å². The van der Waals surface area contributed by atoms with E-state index in [2.05, 4.69) is 37.5 Å². The van der Waals surface area contributed by atoms with Crippen molar-refractivity contribution >= 4 is 17.7 Å². The predicted molar refractivity (Wildman–Crippen MR) is 168 cm³/mol. The van der Waals surface area contributed by atoms with Crippen molar-refractivity contribution in [2.45, 2.75) is 90.7 Å². The normalized spacial score (nSPS) is 17.1. The Hall–Kier alpha value is -3.52. The molecule has 2 heterocycles. The Kier molecular flexibility index (Phi) is 12.9. The summed E-state index contributed by atoms with van der Waals surface area (Å²) in [6.45, 7) is 12.2. The van der Waals surface area contributed by atoms with Gasteiger partial charge in [0.15, 0.2) is 0 Å². The van der Waals surface area contributed by atoms with Gasteiger partial charge in [-0.3, -0.25) is 9.80 Å². The first-order valence-electron chi connectivity index (χ1n) is 15.3. The van der Waals surface area contributed by atoms with Crippen LogP contribution in [0, 0.1) is 6.92 Å². The highest BCUT2D eigenvalue weighted by atomic mass is 19.1. The fraction of sp³-hybridized carbons (Fsp3) is 0.486. The average molecular weight is 597 g/mol. The van der Waals surface area contributed by atoms with Crippen LogP contribution < -0.4 is 4.90 Å². The van der Waals surface area contributed by atoms with Gasteiger partial charge in [0.1, 0.15) is 5.60 Å². The topological polar surface area (TPSA) is 70.1 Å². The number of piperidine rings is 1. The molecule has 1 spiro atoms. The molecule has 234 valence electrons. The molecule has 43 heavy (non-hydrogen) atoms. The Morgan fingerprint density at radius 3 is 2.28 bits per heavy atom. The van der Waals surface area contributed by atoms with Gasteiger partial charge in [-0.1, -0.05) is 57.4 Å². The summed E-state index contributed by atoms with van der Waals surface area (Å²) < 4.78 is 30.0. The van der Waals surface area contributed by atoms with Gasteiger partial charge in [0, 0.05) is 44.6 Å². The van der Waals surface area contributed by atoms with E-state index >= 15 is 0 Å². The Labute approximate surface area is 255 Å². The van der Waals surface area contributed by atoms with Crippen LogP contribution in [-0.2, 0) is 24.1 Å². The fourth-order valence-corrected chi connectivity index (χ4v) is 5.34. The molecule has 0 unspecified atom stereocenters. The zero-order valence-electron chi connectivity index (χ0n) is 25.8. The molecule has 1 aliphatic carbocycles. The van der Waals surface area contributed by atoms with Crippen molar-refractivity contribution in [2.24, 2.45) is 0 Å². The van der Waals surface area contributed by atoms with Gasteiger partial charge >= 0.3 is 12.1 Å². The molecule has 0 bridgehead atoms. The molecule has 2 aromatic rings. The Morgan fingerprint density at radius 1 is 1.14 bits per heavy atom. The molecule has 5 rings (SSSR count). The summed E-state index contributed by atoms with van der Waals surface area (Å²) in [5.74, 6) is -1.30. The molecule has 1 N–H and O–H groups in total. The van der Waals surface area contributed by atoms with Crippen molar-refractivity contribution in [3.05, 3.63) is 89.0 Å². The number of likely N-dealkylation sites (tertiary alicyclic amines) is 1. The van der Waals surface area contributed by atoms with Crippen LogP contribution in [-0.4, -0.2) is 47.3 Å². The summed E-state index contributed by atoms with van der Waals surface area (Å²) >= 11 is 0. The quantitative estimate of drug-likeness (QED) is 0.314. The standard InChI is InChI=1S/C29H35FN2O4.C3H5F.C3H6/c1-4-5-6-24-17-22(15-20(2)26(24)16-21(3)30)18-31-13-11-29(12-14-31)19-32(28(35)36-29)25-9-7-23(8-10-25)27(33)34;1-2-3-4;1-2-3-1/h7-10,15,17H,3-6,11-14,16,18-19H2,1-2H3,(H,33,34);2-3H,1H3;1-3H2/b;3-2+;. The van der Waals surface area contributed by atoms with Crippen LogP contribution in [0.2, 0.25) is 0 Å². The monoisotopic (exact) mass is 596 g/mol. The molecule has 3 fully saturated rings. The Bertz CT molecular complexity index is 1260. The van der Waals surface area contributed by atoms with Crippen molar-refractivity contribution in [2.75, 3.05) is 24.5 Å². The van der Waals surface area contributed by atoms with Crippen LogP contribution in [0.25, 0.3) is 0 Å². The lowest BCUT2D eigenvalue weighted by Crippen LogP contribution is -2.46. The summed E-state index contributed by atoms with van der Waals surface area (Å²) in [6.07, 6.45) is 10.8. The van der Waals surface area contributed by atoms with Gasteiger partial charge in [-0.2, -0.15) is 0 Å². The summed E-state index contributed by atoms with van der Waals surface area (Å²) in [5, 5.41) is 9.11. The van der Waals surface area contributed by atoms with E-state index < -0.39 is 11.6 Å². The molecule has 6 nitrogen and oxygen atoms in total. The van der Waals surface area contributed by atoms with Crippen LogP contribution in [0.15, 0.2) is 61.2 Å². The average Bonchev–Trinajstić information content (AvgIpc) is 3.84. The van der Waals surface area contributed by atoms with E-state index in [1.807, 2.05) is 0 Å². The van der Waals surface area contributed by atoms with Gasteiger partial charge in [0.25, 0.3) is 0 Å². The van der Waals surface area contributed by atoms with Gasteiger partial charge in [0.2, 0.25) is 0 Å². The molecular weight excluding hydrogens is 550 g/mol. The van der Waals surface area contributed by atoms with Gasteiger partial charge in [-0.05, 0) is 73.2 Å². The van der Waals surface area contributed by atoms with Crippen LogP contribution in [0.4, 0.5) is 19.3 Å². The predicted octanol–water partition coefficient (Wildman–Crippen LogP) is 8.71. The van der Waals surface area contributed by atoms with E-state index in [0.29, 0.717) is 18.6 Å². The van der Waals surface area contributed by atoms with Gasteiger partial charge in [0.05, 0.1) is 24.3 Å². The number of ether oxygens (including phenoxy) is 1. The Morgan fingerprint density at radius 2 is 1.77 bits per heavy atom. The first-order chi connectivity index (χ1) is 20.6. The number of carbonyl (C=O) groups is 2. The summed E-state index contributed by atoms with van der Waals surface area (Å²) in [4.78, 5) is 27.7. The van der Waals surface area contributed by atoms with E-state index in [-0.39, 0.29) is 23.9 Å². The lowest BCUT2D eigenvalue weighted by molar-refractivity contribution is -0.000990. The number of carboxylic acids is 1. The number of hydrogen-bond donors (Lipinski definition) is 1. The van der Waals surface area contributed by atoms with E-state index in [1.165, 1.54) is 48.6 Å². The number of allylic oxidation sites excluding steroid dienone is 2. The SMILES string of the molecule is C/C=C/F.C1CC1.C=C(F)Cc1c(C)cc(CN2CCC3(CC2)CN(c2ccc(C(=O)O)cc2)C(=O)O3)cc1CCCC. The highest BCUT2D eigenvalue weighted by Gasteiger charge is 2.47. The van der Waals surface area contributed by atoms with Crippen molar-refractivity contribution < 1.29 is 28.2 Å². The van der Waals surface area contributed by atoms with Crippen LogP contribution in [0.3, 0.4) is 0 Å². The van der Waals surface area contributed by atoms with Gasteiger partial charge in [-0.15, -0.1) is 0 Å². The maximum Gasteiger partial charge on any atom is 0.415 e. The summed E-state index contributed by atoms with van der Waals surface area (Å²) in [7, 11) is 0. The molecule has 2 saturated heterocycles.